The van der Waals surface area contributed by atoms with E-state index >= 15 is 0 Å². The van der Waals surface area contributed by atoms with Crippen molar-refractivity contribution in [1.29, 1.82) is 0 Å². The molecule has 1 fully saturated rings. The maximum absolute atomic E-state index is 12.8. The molecule has 0 amide bonds. The highest BCUT2D eigenvalue weighted by Crippen LogP contribution is 2.33. The van der Waals surface area contributed by atoms with Crippen LogP contribution < -0.4 is 9.47 Å². The zero-order chi connectivity index (χ0) is 18.1. The van der Waals surface area contributed by atoms with Crippen molar-refractivity contribution < 1.29 is 17.9 Å². The largest absolute Gasteiger partial charge is 0.454 e. The van der Waals surface area contributed by atoms with Gasteiger partial charge in [-0.05, 0) is 35.9 Å². The van der Waals surface area contributed by atoms with Crippen LogP contribution in [0.1, 0.15) is 5.56 Å². The van der Waals surface area contributed by atoms with E-state index in [0.29, 0.717) is 31.2 Å². The van der Waals surface area contributed by atoms with E-state index in [-0.39, 0.29) is 11.7 Å². The number of halogens is 1. The molecule has 2 aromatic rings. The molecule has 0 aliphatic carbocycles. The Morgan fingerprint density at radius 3 is 2.50 bits per heavy atom. The number of rotatable bonds is 4. The zero-order valence-corrected chi connectivity index (χ0v) is 15.7. The van der Waals surface area contributed by atoms with Gasteiger partial charge in [-0.2, -0.15) is 4.31 Å². The lowest BCUT2D eigenvalue weighted by Crippen LogP contribution is -2.48. The van der Waals surface area contributed by atoms with Crippen molar-refractivity contribution in [3.8, 4) is 11.5 Å². The van der Waals surface area contributed by atoms with E-state index in [0.717, 1.165) is 23.6 Å². The zero-order valence-electron chi connectivity index (χ0n) is 14.1. The maximum Gasteiger partial charge on any atom is 0.243 e. The predicted molar refractivity (Wildman–Crippen MR) is 98.1 cm³/mol. The first-order chi connectivity index (χ1) is 12.5. The van der Waals surface area contributed by atoms with Crippen LogP contribution in [0.25, 0.3) is 0 Å². The van der Waals surface area contributed by atoms with Gasteiger partial charge in [-0.25, -0.2) is 8.42 Å². The summed E-state index contributed by atoms with van der Waals surface area (Å²) in [4.78, 5) is 2.48. The number of sulfonamides is 1. The molecule has 0 saturated carbocycles. The standard InChI is InChI=1S/C18H19ClN2O4S/c19-15-2-1-3-16(11-15)26(22,23)21-8-6-20(7-9-21)12-14-4-5-17-18(10-14)25-13-24-17/h1-5,10-11H,6-9,12-13H2. The van der Waals surface area contributed by atoms with Gasteiger partial charge in [0.15, 0.2) is 11.5 Å². The molecular formula is C18H19ClN2O4S. The summed E-state index contributed by atoms with van der Waals surface area (Å²) in [5.41, 5.74) is 1.13. The summed E-state index contributed by atoms with van der Waals surface area (Å²) in [6.45, 7) is 3.28. The summed E-state index contributed by atoms with van der Waals surface area (Å²) in [7, 11) is -3.50. The van der Waals surface area contributed by atoms with Gasteiger partial charge in [0.05, 0.1) is 4.90 Å². The van der Waals surface area contributed by atoms with Gasteiger partial charge in [0.25, 0.3) is 0 Å². The van der Waals surface area contributed by atoms with Crippen LogP contribution in [0.4, 0.5) is 0 Å². The van der Waals surface area contributed by atoms with Gasteiger partial charge in [0.1, 0.15) is 0 Å². The fraction of sp³-hybridized carbons (Fsp3) is 0.333. The molecule has 0 aromatic heterocycles. The lowest BCUT2D eigenvalue weighted by Gasteiger charge is -2.34. The molecule has 0 N–H and O–H groups in total. The molecule has 2 aliphatic heterocycles. The number of benzene rings is 2. The molecule has 0 bridgehead atoms. The summed E-state index contributed by atoms with van der Waals surface area (Å²) < 4.78 is 37.8. The highest BCUT2D eigenvalue weighted by molar-refractivity contribution is 7.89. The second kappa shape index (κ2) is 7.08. The van der Waals surface area contributed by atoms with Crippen molar-refractivity contribution in [3.05, 3.63) is 53.1 Å². The molecule has 0 radical (unpaired) electrons. The molecule has 0 spiro atoms. The first kappa shape index (κ1) is 17.6. The normalized spacial score (nSPS) is 18.2. The quantitative estimate of drug-likeness (QED) is 0.797. The number of hydrogen-bond acceptors (Lipinski definition) is 5. The van der Waals surface area contributed by atoms with Gasteiger partial charge in [0, 0.05) is 37.7 Å². The van der Waals surface area contributed by atoms with Crippen molar-refractivity contribution in [3.63, 3.8) is 0 Å². The minimum absolute atomic E-state index is 0.245. The fourth-order valence-corrected chi connectivity index (χ4v) is 4.93. The molecule has 2 aliphatic rings. The van der Waals surface area contributed by atoms with Gasteiger partial charge < -0.3 is 9.47 Å². The van der Waals surface area contributed by atoms with Crippen LogP contribution in [0, 0.1) is 0 Å². The molecule has 26 heavy (non-hydrogen) atoms. The number of ether oxygens (including phenoxy) is 2. The SMILES string of the molecule is O=S(=O)(c1cccc(Cl)c1)N1CCN(Cc2ccc3c(c2)OCO3)CC1. The van der Waals surface area contributed by atoms with Gasteiger partial charge in [-0.3, -0.25) is 4.90 Å². The molecule has 1 saturated heterocycles. The monoisotopic (exact) mass is 394 g/mol. The molecule has 2 aromatic carbocycles. The van der Waals surface area contributed by atoms with Crippen LogP contribution in [0.15, 0.2) is 47.4 Å². The Morgan fingerprint density at radius 1 is 0.962 bits per heavy atom. The fourth-order valence-electron chi connectivity index (χ4n) is 3.20. The van der Waals surface area contributed by atoms with E-state index in [1.807, 2.05) is 18.2 Å². The van der Waals surface area contributed by atoms with E-state index < -0.39 is 10.0 Å². The lowest BCUT2D eigenvalue weighted by atomic mass is 10.2. The third-order valence-corrected chi connectivity index (χ3v) is 6.74. The molecule has 4 rings (SSSR count). The Morgan fingerprint density at radius 2 is 1.73 bits per heavy atom. The van der Waals surface area contributed by atoms with Gasteiger partial charge in [0.2, 0.25) is 16.8 Å². The number of piperazine rings is 1. The Balaban J connectivity index is 1.39. The van der Waals surface area contributed by atoms with E-state index in [1.165, 1.54) is 10.4 Å². The Labute approximate surface area is 157 Å². The van der Waals surface area contributed by atoms with Crippen LogP contribution in [0.3, 0.4) is 0 Å². The lowest BCUT2D eigenvalue weighted by molar-refractivity contribution is 0.173. The highest BCUT2D eigenvalue weighted by Gasteiger charge is 2.28. The van der Waals surface area contributed by atoms with Crippen LogP contribution in [-0.4, -0.2) is 50.6 Å². The minimum atomic E-state index is -3.50. The molecule has 138 valence electrons. The third-order valence-electron chi connectivity index (χ3n) is 4.61. The number of nitrogens with zero attached hydrogens (tertiary/aromatic N) is 2. The molecule has 8 heteroatoms. The topological polar surface area (TPSA) is 59.1 Å². The van der Waals surface area contributed by atoms with Gasteiger partial charge in [-0.15, -0.1) is 0 Å². The Kier molecular flexibility index (Phi) is 4.79. The maximum atomic E-state index is 12.8. The van der Waals surface area contributed by atoms with E-state index in [1.54, 1.807) is 18.2 Å². The van der Waals surface area contributed by atoms with Crippen LogP contribution in [0.5, 0.6) is 11.5 Å². The summed E-state index contributed by atoms with van der Waals surface area (Å²) in [5.74, 6) is 1.54. The van der Waals surface area contributed by atoms with E-state index in [9.17, 15) is 8.42 Å². The summed E-state index contributed by atoms with van der Waals surface area (Å²) in [5, 5.41) is 0.424. The Hall–Kier alpha value is -1.80. The van der Waals surface area contributed by atoms with E-state index in [4.69, 9.17) is 21.1 Å². The van der Waals surface area contributed by atoms with Crippen LogP contribution in [-0.2, 0) is 16.6 Å². The first-order valence-electron chi connectivity index (χ1n) is 8.39. The summed E-state index contributed by atoms with van der Waals surface area (Å²) in [6.07, 6.45) is 0. The molecule has 6 nitrogen and oxygen atoms in total. The van der Waals surface area contributed by atoms with Crippen molar-refractivity contribution in [2.75, 3.05) is 33.0 Å². The highest BCUT2D eigenvalue weighted by atomic mass is 35.5. The second-order valence-corrected chi connectivity index (χ2v) is 8.70. The average molecular weight is 395 g/mol. The second-order valence-electron chi connectivity index (χ2n) is 6.33. The van der Waals surface area contributed by atoms with E-state index in [2.05, 4.69) is 4.90 Å². The predicted octanol–water partition coefficient (Wildman–Crippen LogP) is 2.58. The van der Waals surface area contributed by atoms with Crippen molar-refractivity contribution in [1.82, 2.24) is 9.21 Å². The van der Waals surface area contributed by atoms with Gasteiger partial charge >= 0.3 is 0 Å². The molecule has 0 atom stereocenters. The smallest absolute Gasteiger partial charge is 0.243 e. The number of fused-ring (bicyclic) bond motifs is 1. The first-order valence-corrected chi connectivity index (χ1v) is 10.2. The van der Waals surface area contributed by atoms with Crippen LogP contribution >= 0.6 is 11.6 Å². The third kappa shape index (κ3) is 3.53. The van der Waals surface area contributed by atoms with Crippen molar-refractivity contribution in [2.45, 2.75) is 11.4 Å². The summed E-state index contributed by atoms with van der Waals surface area (Å²) in [6, 6.07) is 12.3. The van der Waals surface area contributed by atoms with Crippen molar-refractivity contribution >= 4 is 21.6 Å². The minimum Gasteiger partial charge on any atom is -0.454 e. The molecular weight excluding hydrogens is 376 g/mol. The molecule has 2 heterocycles. The van der Waals surface area contributed by atoms with Crippen molar-refractivity contribution in [2.24, 2.45) is 0 Å². The molecule has 0 unspecified atom stereocenters. The van der Waals surface area contributed by atoms with Crippen LogP contribution in [0.2, 0.25) is 5.02 Å². The summed E-state index contributed by atoms with van der Waals surface area (Å²) >= 11 is 5.93. The average Bonchev–Trinajstić information content (AvgIpc) is 3.10. The number of hydrogen-bond donors (Lipinski definition) is 0. The Bertz CT molecular complexity index is 911. The van der Waals surface area contributed by atoms with Gasteiger partial charge in [-0.1, -0.05) is 23.7 Å².